The molecule has 2 atom stereocenters. The van der Waals surface area contributed by atoms with Gasteiger partial charge in [0.25, 0.3) is 0 Å². The lowest BCUT2D eigenvalue weighted by atomic mass is 10.0. The van der Waals surface area contributed by atoms with E-state index in [2.05, 4.69) is 42.7 Å². The third-order valence-corrected chi connectivity index (χ3v) is 4.50. The molecule has 0 saturated heterocycles. The van der Waals surface area contributed by atoms with E-state index in [1.807, 2.05) is 12.1 Å². The standard InChI is InChI=1S/C19H18FNO/c1-12-11-21-17-6-4-3-5-16(17)13(2)18(21)19(22-12)14-7-9-15(20)10-8-14/h3-10,12,19H,11H2,1-2H3/t12-,19+/m1/s1. The van der Waals surface area contributed by atoms with Gasteiger partial charge in [-0.3, -0.25) is 0 Å². The van der Waals surface area contributed by atoms with Gasteiger partial charge < -0.3 is 9.30 Å². The lowest BCUT2D eigenvalue weighted by Gasteiger charge is -2.31. The van der Waals surface area contributed by atoms with Gasteiger partial charge in [0.15, 0.2) is 0 Å². The van der Waals surface area contributed by atoms with Crippen LogP contribution in [0.4, 0.5) is 4.39 Å². The first kappa shape index (κ1) is 13.5. The number of fused-ring (bicyclic) bond motifs is 3. The summed E-state index contributed by atoms with van der Waals surface area (Å²) in [4.78, 5) is 0. The van der Waals surface area contributed by atoms with Gasteiger partial charge in [0.1, 0.15) is 11.9 Å². The number of hydrogen-bond donors (Lipinski definition) is 0. The van der Waals surface area contributed by atoms with E-state index >= 15 is 0 Å². The Morgan fingerprint density at radius 1 is 1.09 bits per heavy atom. The van der Waals surface area contributed by atoms with E-state index in [1.165, 1.54) is 34.3 Å². The van der Waals surface area contributed by atoms with E-state index in [9.17, 15) is 4.39 Å². The van der Waals surface area contributed by atoms with Crippen molar-refractivity contribution in [2.45, 2.75) is 32.6 Å². The molecule has 0 amide bonds. The lowest BCUT2D eigenvalue weighted by Crippen LogP contribution is -2.29. The highest BCUT2D eigenvalue weighted by Crippen LogP contribution is 2.39. The van der Waals surface area contributed by atoms with Crippen LogP contribution >= 0.6 is 0 Å². The molecule has 0 unspecified atom stereocenters. The van der Waals surface area contributed by atoms with E-state index in [1.54, 1.807) is 0 Å². The Labute approximate surface area is 129 Å². The van der Waals surface area contributed by atoms with Crippen LogP contribution in [0.3, 0.4) is 0 Å². The normalized spacial score (nSPS) is 21.0. The Balaban J connectivity index is 1.95. The van der Waals surface area contributed by atoms with E-state index in [-0.39, 0.29) is 18.0 Å². The molecule has 1 aliphatic heterocycles. The highest BCUT2D eigenvalue weighted by atomic mass is 19.1. The summed E-state index contributed by atoms with van der Waals surface area (Å²) in [5, 5.41) is 1.27. The van der Waals surface area contributed by atoms with Crippen LogP contribution in [-0.4, -0.2) is 10.7 Å². The third kappa shape index (κ3) is 1.97. The molecule has 4 rings (SSSR count). The van der Waals surface area contributed by atoms with Crippen molar-refractivity contribution in [2.75, 3.05) is 0 Å². The lowest BCUT2D eigenvalue weighted by molar-refractivity contribution is -0.0146. The second-order valence-corrected chi connectivity index (χ2v) is 6.02. The Morgan fingerprint density at radius 2 is 1.82 bits per heavy atom. The number of halogens is 1. The molecule has 2 aromatic carbocycles. The van der Waals surface area contributed by atoms with Crippen LogP contribution in [0.2, 0.25) is 0 Å². The topological polar surface area (TPSA) is 14.2 Å². The average Bonchev–Trinajstić information content (AvgIpc) is 2.81. The highest BCUT2D eigenvalue weighted by Gasteiger charge is 2.30. The fourth-order valence-corrected chi connectivity index (χ4v) is 3.50. The molecule has 0 bridgehead atoms. The minimum Gasteiger partial charge on any atom is -0.362 e. The zero-order valence-corrected chi connectivity index (χ0v) is 12.7. The summed E-state index contributed by atoms with van der Waals surface area (Å²) in [6, 6.07) is 15.1. The molecule has 3 aromatic rings. The van der Waals surface area contributed by atoms with Crippen molar-refractivity contribution in [1.82, 2.24) is 4.57 Å². The van der Waals surface area contributed by atoms with E-state index in [0.717, 1.165) is 12.1 Å². The summed E-state index contributed by atoms with van der Waals surface area (Å²) < 4.78 is 21.8. The molecule has 0 radical (unpaired) electrons. The van der Waals surface area contributed by atoms with Gasteiger partial charge in [-0.1, -0.05) is 30.3 Å². The van der Waals surface area contributed by atoms with Crippen LogP contribution in [0.1, 0.15) is 29.8 Å². The molecule has 1 aliphatic rings. The van der Waals surface area contributed by atoms with Gasteiger partial charge in [0.05, 0.1) is 11.8 Å². The summed E-state index contributed by atoms with van der Waals surface area (Å²) >= 11 is 0. The second-order valence-electron chi connectivity index (χ2n) is 6.02. The van der Waals surface area contributed by atoms with Gasteiger partial charge in [-0.25, -0.2) is 4.39 Å². The first-order valence-corrected chi connectivity index (χ1v) is 7.64. The van der Waals surface area contributed by atoms with Gasteiger partial charge >= 0.3 is 0 Å². The first-order valence-electron chi connectivity index (χ1n) is 7.64. The van der Waals surface area contributed by atoms with Crippen molar-refractivity contribution in [3.05, 3.63) is 71.2 Å². The molecule has 2 nitrogen and oxygen atoms in total. The predicted octanol–water partition coefficient (Wildman–Crippen LogP) is 4.60. The molecular weight excluding hydrogens is 277 g/mol. The highest BCUT2D eigenvalue weighted by molar-refractivity contribution is 5.85. The zero-order chi connectivity index (χ0) is 15.3. The van der Waals surface area contributed by atoms with Crippen LogP contribution in [0.15, 0.2) is 48.5 Å². The van der Waals surface area contributed by atoms with Crippen LogP contribution < -0.4 is 0 Å². The molecule has 2 heterocycles. The third-order valence-electron chi connectivity index (χ3n) is 4.50. The van der Waals surface area contributed by atoms with Crippen LogP contribution in [0, 0.1) is 12.7 Å². The van der Waals surface area contributed by atoms with E-state index in [4.69, 9.17) is 4.74 Å². The van der Waals surface area contributed by atoms with Crippen LogP contribution in [0.5, 0.6) is 0 Å². The summed E-state index contributed by atoms with van der Waals surface area (Å²) in [5.41, 5.74) is 4.68. The summed E-state index contributed by atoms with van der Waals surface area (Å²) in [6.07, 6.45) is -0.0190. The van der Waals surface area contributed by atoms with E-state index < -0.39 is 0 Å². The fourth-order valence-electron chi connectivity index (χ4n) is 3.50. The van der Waals surface area contributed by atoms with Crippen molar-refractivity contribution < 1.29 is 9.13 Å². The van der Waals surface area contributed by atoms with Crippen LogP contribution in [0.25, 0.3) is 10.9 Å². The number of hydrogen-bond acceptors (Lipinski definition) is 1. The molecule has 112 valence electrons. The van der Waals surface area contributed by atoms with Gasteiger partial charge in [0, 0.05) is 17.4 Å². The first-order chi connectivity index (χ1) is 10.6. The van der Waals surface area contributed by atoms with Crippen molar-refractivity contribution in [1.29, 1.82) is 0 Å². The fraction of sp³-hybridized carbons (Fsp3) is 0.263. The Morgan fingerprint density at radius 3 is 2.59 bits per heavy atom. The molecular formula is C19H18FNO. The number of para-hydroxylation sites is 1. The number of aryl methyl sites for hydroxylation is 1. The molecule has 1 aromatic heterocycles. The van der Waals surface area contributed by atoms with Gasteiger partial charge in [-0.2, -0.15) is 0 Å². The van der Waals surface area contributed by atoms with Crippen LogP contribution in [-0.2, 0) is 11.3 Å². The van der Waals surface area contributed by atoms with Gasteiger partial charge in [0.2, 0.25) is 0 Å². The molecule has 0 aliphatic carbocycles. The van der Waals surface area contributed by atoms with Crippen molar-refractivity contribution >= 4 is 10.9 Å². The zero-order valence-electron chi connectivity index (χ0n) is 12.7. The number of ether oxygens (including phenoxy) is 1. The summed E-state index contributed by atoms with van der Waals surface area (Å²) in [5.74, 6) is -0.218. The average molecular weight is 295 g/mol. The molecule has 22 heavy (non-hydrogen) atoms. The number of aromatic nitrogens is 1. The van der Waals surface area contributed by atoms with Gasteiger partial charge in [-0.15, -0.1) is 0 Å². The Bertz CT molecular complexity index is 835. The SMILES string of the molecule is Cc1c2n(c3ccccc13)C[C@@H](C)O[C@H]2c1ccc(F)cc1. The molecule has 0 fully saturated rings. The summed E-state index contributed by atoms with van der Waals surface area (Å²) in [7, 11) is 0. The molecule has 0 N–H and O–H groups in total. The maximum atomic E-state index is 13.2. The molecule has 3 heteroatoms. The predicted molar refractivity (Wildman–Crippen MR) is 85.5 cm³/mol. The monoisotopic (exact) mass is 295 g/mol. The maximum absolute atomic E-state index is 13.2. The summed E-state index contributed by atoms with van der Waals surface area (Å²) in [6.45, 7) is 5.08. The molecule has 0 spiro atoms. The second kappa shape index (κ2) is 4.96. The Hall–Kier alpha value is -2.13. The smallest absolute Gasteiger partial charge is 0.123 e. The number of benzene rings is 2. The minimum atomic E-state index is -0.218. The van der Waals surface area contributed by atoms with Gasteiger partial charge in [-0.05, 0) is 43.2 Å². The van der Waals surface area contributed by atoms with Crippen molar-refractivity contribution in [2.24, 2.45) is 0 Å². The number of nitrogens with zero attached hydrogens (tertiary/aromatic N) is 1. The quantitative estimate of drug-likeness (QED) is 0.640. The minimum absolute atomic E-state index is 0.123. The Kier molecular flexibility index (Phi) is 3.05. The largest absolute Gasteiger partial charge is 0.362 e. The number of rotatable bonds is 1. The van der Waals surface area contributed by atoms with E-state index in [0.29, 0.717) is 0 Å². The molecule has 0 saturated carbocycles. The van der Waals surface area contributed by atoms with Crippen molar-refractivity contribution in [3.63, 3.8) is 0 Å². The van der Waals surface area contributed by atoms with Crippen molar-refractivity contribution in [3.8, 4) is 0 Å². The maximum Gasteiger partial charge on any atom is 0.123 e.